The fourth-order valence-corrected chi connectivity index (χ4v) is 1.64. The van der Waals surface area contributed by atoms with Gasteiger partial charge in [-0.15, -0.1) is 12.4 Å². The maximum Gasteiger partial charge on any atom is 0.165 e. The van der Waals surface area contributed by atoms with E-state index in [1.807, 2.05) is 0 Å². The van der Waals surface area contributed by atoms with Crippen LogP contribution in [0, 0.1) is 11.7 Å². The molecule has 1 aromatic carbocycles. The van der Waals surface area contributed by atoms with Gasteiger partial charge in [-0.2, -0.15) is 0 Å². The lowest BCUT2D eigenvalue weighted by Gasteiger charge is -2.20. The Kier molecular flexibility index (Phi) is 7.21. The summed E-state index contributed by atoms with van der Waals surface area (Å²) < 4.78 is 13.1. The third-order valence-corrected chi connectivity index (χ3v) is 2.81. The van der Waals surface area contributed by atoms with Crippen LogP contribution in [0.3, 0.4) is 0 Å². The molecule has 0 saturated carbocycles. The molecule has 3 nitrogen and oxygen atoms in total. The molecule has 0 unspecified atom stereocenters. The zero-order chi connectivity index (χ0) is 13.0. The van der Waals surface area contributed by atoms with Crippen LogP contribution in [0.5, 0.6) is 5.75 Å². The lowest BCUT2D eigenvalue weighted by Crippen LogP contribution is -2.26. The zero-order valence-corrected chi connectivity index (χ0v) is 11.5. The van der Waals surface area contributed by atoms with Crippen LogP contribution in [0.25, 0.3) is 0 Å². The predicted octanol–water partition coefficient (Wildman–Crippen LogP) is 2.75. The van der Waals surface area contributed by atoms with Crippen LogP contribution in [-0.4, -0.2) is 16.3 Å². The Morgan fingerprint density at radius 2 is 1.89 bits per heavy atom. The van der Waals surface area contributed by atoms with E-state index in [0.29, 0.717) is 17.9 Å². The highest BCUT2D eigenvalue weighted by atomic mass is 35.5. The van der Waals surface area contributed by atoms with Crippen LogP contribution in [0.1, 0.15) is 38.3 Å². The van der Waals surface area contributed by atoms with Gasteiger partial charge >= 0.3 is 0 Å². The molecule has 2 atom stereocenters. The second-order valence-corrected chi connectivity index (χ2v) is 4.78. The number of halogens is 2. The molecule has 0 heterocycles. The summed E-state index contributed by atoms with van der Waals surface area (Å²) in [5.74, 6) is -0.625. The number of aliphatic hydroxyl groups is 1. The summed E-state index contributed by atoms with van der Waals surface area (Å²) in [6.45, 7) is 4.14. The van der Waals surface area contributed by atoms with Gasteiger partial charge in [0.15, 0.2) is 11.6 Å². The van der Waals surface area contributed by atoms with Gasteiger partial charge in [-0.25, -0.2) is 4.39 Å². The molecule has 1 aromatic rings. The van der Waals surface area contributed by atoms with Crippen molar-refractivity contribution >= 4 is 12.4 Å². The van der Waals surface area contributed by atoms with Gasteiger partial charge in [0.1, 0.15) is 0 Å². The summed E-state index contributed by atoms with van der Waals surface area (Å²) in [7, 11) is 0. The van der Waals surface area contributed by atoms with Crippen LogP contribution >= 0.6 is 12.4 Å². The number of phenolic OH excluding ortho intramolecular Hbond substituents is 1. The van der Waals surface area contributed by atoms with Gasteiger partial charge in [0.2, 0.25) is 0 Å². The van der Waals surface area contributed by atoms with Gasteiger partial charge in [-0.1, -0.05) is 19.9 Å². The first-order chi connectivity index (χ1) is 7.91. The van der Waals surface area contributed by atoms with Gasteiger partial charge in [0, 0.05) is 0 Å². The highest BCUT2D eigenvalue weighted by Gasteiger charge is 2.18. The zero-order valence-electron chi connectivity index (χ0n) is 10.6. The molecule has 0 bridgehead atoms. The number of phenols is 1. The van der Waals surface area contributed by atoms with E-state index in [2.05, 4.69) is 13.8 Å². The molecular formula is C13H21ClFNO2. The molecule has 0 aliphatic rings. The average molecular weight is 278 g/mol. The molecule has 0 aromatic heterocycles. The molecule has 18 heavy (non-hydrogen) atoms. The quantitative estimate of drug-likeness (QED) is 0.775. The van der Waals surface area contributed by atoms with Gasteiger partial charge < -0.3 is 15.9 Å². The Morgan fingerprint density at radius 3 is 2.39 bits per heavy atom. The second kappa shape index (κ2) is 7.56. The van der Waals surface area contributed by atoms with Crippen LogP contribution in [0.2, 0.25) is 0 Å². The topological polar surface area (TPSA) is 66.5 Å². The van der Waals surface area contributed by atoms with Crippen molar-refractivity contribution in [3.8, 4) is 5.75 Å². The summed E-state index contributed by atoms with van der Waals surface area (Å²) in [5.41, 5.74) is 6.34. The van der Waals surface area contributed by atoms with Crippen LogP contribution in [0.15, 0.2) is 18.2 Å². The van der Waals surface area contributed by atoms with E-state index in [0.717, 1.165) is 6.42 Å². The fraction of sp³-hybridized carbons (Fsp3) is 0.538. The normalized spacial score (nSPS) is 14.1. The number of rotatable bonds is 5. The SMILES string of the molecule is CC(C)CC[C@@H](O)[C@@H](N)c1ccc(O)c(F)c1.Cl. The highest BCUT2D eigenvalue weighted by molar-refractivity contribution is 5.85. The molecular weight excluding hydrogens is 257 g/mol. The van der Waals surface area contributed by atoms with Crippen molar-refractivity contribution in [3.05, 3.63) is 29.6 Å². The van der Waals surface area contributed by atoms with E-state index < -0.39 is 23.7 Å². The molecule has 0 fully saturated rings. The third kappa shape index (κ3) is 4.80. The molecule has 0 spiro atoms. The maximum absolute atomic E-state index is 13.1. The smallest absolute Gasteiger partial charge is 0.165 e. The lowest BCUT2D eigenvalue weighted by molar-refractivity contribution is 0.128. The van der Waals surface area contributed by atoms with Gasteiger partial charge in [0.25, 0.3) is 0 Å². The summed E-state index contributed by atoms with van der Waals surface area (Å²) >= 11 is 0. The number of benzene rings is 1. The molecule has 0 radical (unpaired) electrons. The van der Waals surface area contributed by atoms with Crippen LogP contribution < -0.4 is 5.73 Å². The summed E-state index contributed by atoms with van der Waals surface area (Å²) in [5, 5.41) is 18.9. The molecule has 1 rings (SSSR count). The Balaban J connectivity index is 0.00000289. The van der Waals surface area contributed by atoms with Crippen molar-refractivity contribution in [1.82, 2.24) is 0 Å². The molecule has 0 saturated heterocycles. The molecule has 104 valence electrons. The van der Waals surface area contributed by atoms with Crippen molar-refractivity contribution < 1.29 is 14.6 Å². The first-order valence-corrected chi connectivity index (χ1v) is 5.84. The summed E-state index contributed by atoms with van der Waals surface area (Å²) in [6, 6.07) is 3.32. The minimum absolute atomic E-state index is 0. The molecule has 0 aliphatic carbocycles. The van der Waals surface area contributed by atoms with E-state index in [1.54, 1.807) is 0 Å². The summed E-state index contributed by atoms with van der Waals surface area (Å²) in [6.07, 6.45) is 0.762. The van der Waals surface area contributed by atoms with Crippen LogP contribution in [0.4, 0.5) is 4.39 Å². The Morgan fingerprint density at radius 1 is 1.28 bits per heavy atom. The number of aliphatic hydroxyl groups excluding tert-OH is 1. The Hall–Kier alpha value is -0.840. The van der Waals surface area contributed by atoms with Crippen LogP contribution in [-0.2, 0) is 0 Å². The van der Waals surface area contributed by atoms with Crippen molar-refractivity contribution in [2.75, 3.05) is 0 Å². The first kappa shape index (κ1) is 17.2. The van der Waals surface area contributed by atoms with Crippen molar-refractivity contribution in [1.29, 1.82) is 0 Å². The van der Waals surface area contributed by atoms with E-state index in [4.69, 9.17) is 10.8 Å². The minimum atomic E-state index is -0.714. The fourth-order valence-electron chi connectivity index (χ4n) is 1.64. The minimum Gasteiger partial charge on any atom is -0.505 e. The van der Waals surface area contributed by atoms with E-state index in [-0.39, 0.29) is 12.4 Å². The van der Waals surface area contributed by atoms with E-state index in [9.17, 15) is 9.50 Å². The number of nitrogens with two attached hydrogens (primary N) is 1. The molecule has 5 heteroatoms. The lowest BCUT2D eigenvalue weighted by atomic mass is 9.96. The molecule has 0 aliphatic heterocycles. The average Bonchev–Trinajstić information content (AvgIpc) is 2.28. The van der Waals surface area contributed by atoms with E-state index in [1.165, 1.54) is 18.2 Å². The number of hydrogen-bond acceptors (Lipinski definition) is 3. The number of aromatic hydroxyl groups is 1. The van der Waals surface area contributed by atoms with Crippen molar-refractivity contribution in [3.63, 3.8) is 0 Å². The largest absolute Gasteiger partial charge is 0.505 e. The molecule has 0 amide bonds. The standard InChI is InChI=1S/C13H20FNO2.ClH/c1-8(2)3-5-12(17)13(15)9-4-6-11(16)10(14)7-9;/h4,6-8,12-13,16-17H,3,5,15H2,1-2H3;1H/t12-,13+;/m1./s1. The van der Waals surface area contributed by atoms with Gasteiger partial charge in [-0.05, 0) is 36.5 Å². The second-order valence-electron chi connectivity index (χ2n) is 4.78. The predicted molar refractivity (Wildman–Crippen MR) is 72.3 cm³/mol. The Bertz CT molecular complexity index is 374. The Labute approximate surface area is 113 Å². The summed E-state index contributed by atoms with van der Waals surface area (Å²) in [4.78, 5) is 0. The highest BCUT2D eigenvalue weighted by Crippen LogP contribution is 2.23. The van der Waals surface area contributed by atoms with E-state index >= 15 is 0 Å². The third-order valence-electron chi connectivity index (χ3n) is 2.81. The molecule has 4 N–H and O–H groups in total. The maximum atomic E-state index is 13.1. The first-order valence-electron chi connectivity index (χ1n) is 5.84. The monoisotopic (exact) mass is 277 g/mol. The van der Waals surface area contributed by atoms with Gasteiger partial charge in [0.05, 0.1) is 12.1 Å². The number of hydrogen-bond donors (Lipinski definition) is 3. The van der Waals surface area contributed by atoms with Gasteiger partial charge in [-0.3, -0.25) is 0 Å². The van der Waals surface area contributed by atoms with Crippen molar-refractivity contribution in [2.45, 2.75) is 38.8 Å². The van der Waals surface area contributed by atoms with Crippen molar-refractivity contribution in [2.24, 2.45) is 11.7 Å².